The van der Waals surface area contributed by atoms with Gasteiger partial charge in [0.25, 0.3) is 11.7 Å². The second-order valence-corrected chi connectivity index (χ2v) is 6.90. The number of fused-ring (bicyclic) bond motifs is 1. The standard InChI is InChI=1S/C19H19F3N6O/c20-19(21,22)18-25-24-15-9-10-16(26-28(15)18)27-11-5-4-8-14(27)12-23-17(29)13-6-2-1-3-7-13/h1-3,6-7,9-10,14H,4-5,8,11-12H2,(H,23,29). The summed E-state index contributed by atoms with van der Waals surface area (Å²) in [4.78, 5) is 14.3. The Hall–Kier alpha value is -3.17. The molecule has 1 aliphatic rings. The van der Waals surface area contributed by atoms with Gasteiger partial charge in [-0.1, -0.05) is 18.2 Å². The highest BCUT2D eigenvalue weighted by atomic mass is 19.4. The lowest BCUT2D eigenvalue weighted by Crippen LogP contribution is -2.47. The van der Waals surface area contributed by atoms with Crippen LogP contribution >= 0.6 is 0 Å². The maximum atomic E-state index is 13.1. The predicted octanol–water partition coefficient (Wildman–Crippen LogP) is 2.93. The molecule has 1 unspecified atom stereocenters. The molecule has 1 N–H and O–H groups in total. The van der Waals surface area contributed by atoms with Crippen LogP contribution in [0.1, 0.15) is 35.4 Å². The van der Waals surface area contributed by atoms with E-state index in [1.165, 1.54) is 6.07 Å². The third-order valence-corrected chi connectivity index (χ3v) is 4.96. The van der Waals surface area contributed by atoms with Crippen molar-refractivity contribution in [1.29, 1.82) is 0 Å². The molecule has 3 aromatic rings. The van der Waals surface area contributed by atoms with Crippen LogP contribution in [0, 0.1) is 0 Å². The van der Waals surface area contributed by atoms with E-state index in [2.05, 4.69) is 20.6 Å². The first-order chi connectivity index (χ1) is 13.9. The number of rotatable bonds is 4. The number of amides is 1. The van der Waals surface area contributed by atoms with Crippen molar-refractivity contribution in [3.8, 4) is 0 Å². The van der Waals surface area contributed by atoms with Crippen molar-refractivity contribution < 1.29 is 18.0 Å². The number of halogens is 3. The minimum Gasteiger partial charge on any atom is -0.350 e. The summed E-state index contributed by atoms with van der Waals surface area (Å²) in [7, 11) is 0. The summed E-state index contributed by atoms with van der Waals surface area (Å²) in [5, 5.41) is 13.8. The zero-order valence-electron chi connectivity index (χ0n) is 15.4. The Labute approximate surface area is 164 Å². The van der Waals surface area contributed by atoms with Gasteiger partial charge in [-0.15, -0.1) is 15.3 Å². The molecule has 1 saturated heterocycles. The number of aromatic nitrogens is 4. The summed E-state index contributed by atoms with van der Waals surface area (Å²) in [5.74, 6) is -0.931. The molecule has 0 aliphatic carbocycles. The first-order valence-corrected chi connectivity index (χ1v) is 9.33. The zero-order chi connectivity index (χ0) is 20.4. The number of alkyl halides is 3. The molecule has 1 atom stereocenters. The van der Waals surface area contributed by atoms with E-state index in [1.54, 1.807) is 30.3 Å². The lowest BCUT2D eigenvalue weighted by atomic mass is 10.0. The van der Waals surface area contributed by atoms with Gasteiger partial charge in [0.05, 0.1) is 0 Å². The number of carbonyl (C=O) groups is 1. The van der Waals surface area contributed by atoms with Crippen LogP contribution in [-0.2, 0) is 6.18 Å². The highest BCUT2D eigenvalue weighted by Crippen LogP contribution is 2.29. The fourth-order valence-electron chi connectivity index (χ4n) is 3.53. The van der Waals surface area contributed by atoms with E-state index in [4.69, 9.17) is 0 Å². The Bertz CT molecular complexity index is 1000. The van der Waals surface area contributed by atoms with Crippen molar-refractivity contribution in [2.75, 3.05) is 18.0 Å². The van der Waals surface area contributed by atoms with Gasteiger partial charge < -0.3 is 10.2 Å². The molecule has 4 rings (SSSR count). The molecular weight excluding hydrogens is 385 g/mol. The van der Waals surface area contributed by atoms with Crippen LogP contribution < -0.4 is 10.2 Å². The van der Waals surface area contributed by atoms with Crippen LogP contribution in [0.2, 0.25) is 0 Å². The molecule has 10 heteroatoms. The predicted molar refractivity (Wildman–Crippen MR) is 99.5 cm³/mol. The highest BCUT2D eigenvalue weighted by Gasteiger charge is 2.38. The van der Waals surface area contributed by atoms with Gasteiger partial charge >= 0.3 is 6.18 Å². The average Bonchev–Trinajstić information content (AvgIpc) is 3.16. The fourth-order valence-corrected chi connectivity index (χ4v) is 3.53. The van der Waals surface area contributed by atoms with Gasteiger partial charge in [-0.25, -0.2) is 0 Å². The molecule has 0 spiro atoms. The monoisotopic (exact) mass is 404 g/mol. The first kappa shape index (κ1) is 19.2. The van der Waals surface area contributed by atoms with E-state index in [0.717, 1.165) is 23.8 Å². The zero-order valence-corrected chi connectivity index (χ0v) is 15.4. The second kappa shape index (κ2) is 7.69. The van der Waals surface area contributed by atoms with E-state index in [9.17, 15) is 18.0 Å². The summed E-state index contributed by atoms with van der Waals surface area (Å²) in [6.07, 6.45) is -1.96. The van der Waals surface area contributed by atoms with Gasteiger partial charge in [0.1, 0.15) is 5.82 Å². The van der Waals surface area contributed by atoms with Gasteiger partial charge in [0, 0.05) is 24.7 Å². The van der Waals surface area contributed by atoms with Gasteiger partial charge in [-0.3, -0.25) is 4.79 Å². The smallest absolute Gasteiger partial charge is 0.350 e. The van der Waals surface area contributed by atoms with Crippen LogP contribution in [0.15, 0.2) is 42.5 Å². The minimum atomic E-state index is -4.64. The van der Waals surface area contributed by atoms with Gasteiger partial charge in [-0.05, 0) is 43.5 Å². The van der Waals surface area contributed by atoms with Crippen LogP contribution in [-0.4, -0.2) is 44.8 Å². The number of benzene rings is 1. The topological polar surface area (TPSA) is 75.4 Å². The molecule has 2 aromatic heterocycles. The van der Waals surface area contributed by atoms with Crippen LogP contribution in [0.4, 0.5) is 19.0 Å². The normalized spacial score (nSPS) is 17.5. The Morgan fingerprint density at radius 3 is 2.66 bits per heavy atom. The number of hydrogen-bond acceptors (Lipinski definition) is 5. The molecule has 7 nitrogen and oxygen atoms in total. The van der Waals surface area contributed by atoms with E-state index < -0.39 is 12.0 Å². The minimum absolute atomic E-state index is 0.0343. The summed E-state index contributed by atoms with van der Waals surface area (Å²) in [6, 6.07) is 11.9. The molecular formula is C19H19F3N6O. The Morgan fingerprint density at radius 2 is 1.90 bits per heavy atom. The largest absolute Gasteiger partial charge is 0.453 e. The number of carbonyl (C=O) groups excluding carboxylic acids is 1. The van der Waals surface area contributed by atoms with E-state index >= 15 is 0 Å². The molecule has 3 heterocycles. The lowest BCUT2D eigenvalue weighted by Gasteiger charge is -2.36. The molecule has 29 heavy (non-hydrogen) atoms. The van der Waals surface area contributed by atoms with E-state index in [0.29, 0.717) is 24.5 Å². The Morgan fingerprint density at radius 1 is 1.10 bits per heavy atom. The van der Waals surface area contributed by atoms with Crippen molar-refractivity contribution in [2.24, 2.45) is 0 Å². The molecule has 0 radical (unpaired) electrons. The van der Waals surface area contributed by atoms with Gasteiger partial charge in [0.2, 0.25) is 0 Å². The summed E-state index contributed by atoms with van der Waals surface area (Å²) < 4.78 is 40.2. The quantitative estimate of drug-likeness (QED) is 0.724. The molecule has 1 aromatic carbocycles. The molecule has 152 valence electrons. The SMILES string of the molecule is O=C(NCC1CCCCN1c1ccc2nnc(C(F)(F)F)n2n1)c1ccccc1. The van der Waals surface area contributed by atoms with Crippen molar-refractivity contribution in [3.63, 3.8) is 0 Å². The molecule has 1 amide bonds. The van der Waals surface area contributed by atoms with Crippen molar-refractivity contribution in [3.05, 3.63) is 53.9 Å². The maximum Gasteiger partial charge on any atom is 0.453 e. The molecule has 1 aliphatic heterocycles. The van der Waals surface area contributed by atoms with Gasteiger partial charge in [-0.2, -0.15) is 17.7 Å². The van der Waals surface area contributed by atoms with Crippen LogP contribution in [0.5, 0.6) is 0 Å². The summed E-state index contributed by atoms with van der Waals surface area (Å²) >= 11 is 0. The number of anilines is 1. The molecule has 0 bridgehead atoms. The molecule has 1 fully saturated rings. The van der Waals surface area contributed by atoms with Gasteiger partial charge in [0.15, 0.2) is 5.65 Å². The van der Waals surface area contributed by atoms with Crippen molar-refractivity contribution in [2.45, 2.75) is 31.5 Å². The third kappa shape index (κ3) is 4.01. The number of piperidine rings is 1. The van der Waals surface area contributed by atoms with Crippen molar-refractivity contribution >= 4 is 17.4 Å². The third-order valence-electron chi connectivity index (χ3n) is 4.96. The van der Waals surface area contributed by atoms with E-state index in [-0.39, 0.29) is 17.6 Å². The van der Waals surface area contributed by atoms with E-state index in [1.807, 2.05) is 11.0 Å². The summed E-state index contributed by atoms with van der Waals surface area (Å²) in [5.41, 5.74) is 0.598. The Kier molecular flexibility index (Phi) is 5.08. The Balaban J connectivity index is 1.55. The van der Waals surface area contributed by atoms with Crippen LogP contribution in [0.25, 0.3) is 5.65 Å². The average molecular weight is 404 g/mol. The number of nitrogens with zero attached hydrogens (tertiary/aromatic N) is 5. The molecule has 0 saturated carbocycles. The fraction of sp³-hybridized carbons (Fsp3) is 0.368. The number of hydrogen-bond donors (Lipinski definition) is 1. The number of nitrogens with one attached hydrogen (secondary N) is 1. The van der Waals surface area contributed by atoms with Crippen molar-refractivity contribution in [1.82, 2.24) is 25.1 Å². The van der Waals surface area contributed by atoms with Crippen LogP contribution in [0.3, 0.4) is 0 Å². The lowest BCUT2D eigenvalue weighted by molar-refractivity contribution is -0.146. The maximum absolute atomic E-state index is 13.1. The second-order valence-electron chi connectivity index (χ2n) is 6.90. The summed E-state index contributed by atoms with van der Waals surface area (Å²) in [6.45, 7) is 1.02. The first-order valence-electron chi connectivity index (χ1n) is 9.33. The highest BCUT2D eigenvalue weighted by molar-refractivity contribution is 5.94.